The number of nitrogen functional groups attached to an aromatic ring is 1. The van der Waals surface area contributed by atoms with Crippen LogP contribution in [-0.2, 0) is 17.8 Å². The summed E-state index contributed by atoms with van der Waals surface area (Å²) >= 11 is 1.61. The molecule has 1 saturated heterocycles. The second-order valence-electron chi connectivity index (χ2n) is 5.63. The summed E-state index contributed by atoms with van der Waals surface area (Å²) in [5.74, 6) is 0.534. The average molecular weight is 316 g/mol. The van der Waals surface area contributed by atoms with Crippen molar-refractivity contribution in [2.45, 2.75) is 13.0 Å². The largest absolute Gasteiger partial charge is 0.368 e. The molecule has 0 saturated carbocycles. The molecule has 8 heteroatoms. The van der Waals surface area contributed by atoms with Crippen LogP contribution in [0.4, 0.5) is 11.1 Å². The van der Waals surface area contributed by atoms with Crippen LogP contribution >= 0.6 is 11.3 Å². The van der Waals surface area contributed by atoms with Crippen molar-refractivity contribution in [1.29, 1.82) is 0 Å². The van der Waals surface area contributed by atoms with Crippen LogP contribution in [-0.4, -0.2) is 45.4 Å². The normalized spacial score (nSPS) is 18.0. The molecular formula is C14H16N6OS. The second-order valence-corrected chi connectivity index (χ2v) is 6.50. The third kappa shape index (κ3) is 2.29. The number of hydrogen-bond donors (Lipinski definition) is 1. The molecule has 0 aliphatic carbocycles. The summed E-state index contributed by atoms with van der Waals surface area (Å²) < 4.78 is 0. The number of thiazole rings is 1. The van der Waals surface area contributed by atoms with E-state index < -0.39 is 0 Å². The second kappa shape index (κ2) is 5.20. The Morgan fingerprint density at radius 3 is 3.00 bits per heavy atom. The third-order valence-corrected chi connectivity index (χ3v) is 5.03. The van der Waals surface area contributed by atoms with Crippen LogP contribution in [0.2, 0.25) is 0 Å². The quantitative estimate of drug-likeness (QED) is 0.870. The van der Waals surface area contributed by atoms with E-state index in [1.54, 1.807) is 23.7 Å². The first-order valence-electron chi connectivity index (χ1n) is 7.24. The van der Waals surface area contributed by atoms with Gasteiger partial charge in [0.2, 0.25) is 11.9 Å². The van der Waals surface area contributed by atoms with Crippen molar-refractivity contribution in [3.8, 4) is 0 Å². The van der Waals surface area contributed by atoms with E-state index in [2.05, 4.69) is 19.9 Å². The third-order valence-electron chi connectivity index (χ3n) is 4.20. The van der Waals surface area contributed by atoms with Gasteiger partial charge < -0.3 is 15.5 Å². The SMILES string of the molecule is Nc1ncc2c(n1)CN(C(=O)C1CN(c3nccs3)C1)CC2. The first-order valence-corrected chi connectivity index (χ1v) is 8.12. The summed E-state index contributed by atoms with van der Waals surface area (Å²) in [7, 11) is 0. The van der Waals surface area contributed by atoms with Gasteiger partial charge in [0.05, 0.1) is 18.2 Å². The monoisotopic (exact) mass is 316 g/mol. The lowest BCUT2D eigenvalue weighted by molar-refractivity contribution is -0.137. The highest BCUT2D eigenvalue weighted by molar-refractivity contribution is 7.13. The maximum absolute atomic E-state index is 12.6. The Labute approximate surface area is 131 Å². The summed E-state index contributed by atoms with van der Waals surface area (Å²) in [6, 6.07) is 0. The van der Waals surface area contributed by atoms with Gasteiger partial charge in [-0.25, -0.2) is 15.0 Å². The molecule has 1 fully saturated rings. The van der Waals surface area contributed by atoms with E-state index in [0.717, 1.165) is 42.4 Å². The van der Waals surface area contributed by atoms with E-state index >= 15 is 0 Å². The molecule has 2 aromatic rings. The number of fused-ring (bicyclic) bond motifs is 1. The maximum atomic E-state index is 12.6. The zero-order valence-corrected chi connectivity index (χ0v) is 12.8. The summed E-state index contributed by atoms with van der Waals surface area (Å²) in [6.45, 7) is 2.77. The topological polar surface area (TPSA) is 88.2 Å². The number of nitrogens with two attached hydrogens (primary N) is 1. The van der Waals surface area contributed by atoms with Crippen LogP contribution in [0.15, 0.2) is 17.8 Å². The van der Waals surface area contributed by atoms with Crippen LogP contribution in [0.5, 0.6) is 0 Å². The van der Waals surface area contributed by atoms with Gasteiger partial charge >= 0.3 is 0 Å². The van der Waals surface area contributed by atoms with Gasteiger partial charge in [0.25, 0.3) is 0 Å². The number of aromatic nitrogens is 3. The molecule has 2 aliphatic heterocycles. The molecule has 2 aliphatic rings. The molecular weight excluding hydrogens is 300 g/mol. The van der Waals surface area contributed by atoms with Gasteiger partial charge in [-0.3, -0.25) is 4.79 Å². The predicted octanol–water partition coefficient (Wildman–Crippen LogP) is 0.536. The van der Waals surface area contributed by atoms with Crippen LogP contribution in [0, 0.1) is 5.92 Å². The van der Waals surface area contributed by atoms with Gasteiger partial charge in [0.1, 0.15) is 0 Å². The Balaban J connectivity index is 1.40. The fourth-order valence-corrected chi connectivity index (χ4v) is 3.59. The van der Waals surface area contributed by atoms with Crippen molar-refractivity contribution in [2.75, 3.05) is 30.3 Å². The van der Waals surface area contributed by atoms with Crippen molar-refractivity contribution < 1.29 is 4.79 Å². The Morgan fingerprint density at radius 1 is 1.36 bits per heavy atom. The van der Waals surface area contributed by atoms with Crippen molar-refractivity contribution in [2.24, 2.45) is 5.92 Å². The number of carbonyl (C=O) groups is 1. The smallest absolute Gasteiger partial charge is 0.229 e. The molecule has 0 radical (unpaired) electrons. The molecule has 0 unspecified atom stereocenters. The molecule has 4 rings (SSSR count). The minimum Gasteiger partial charge on any atom is -0.368 e. The molecule has 0 atom stereocenters. The summed E-state index contributed by atoms with van der Waals surface area (Å²) in [5.41, 5.74) is 7.61. The Kier molecular flexibility index (Phi) is 3.18. The lowest BCUT2D eigenvalue weighted by Gasteiger charge is -2.41. The van der Waals surface area contributed by atoms with Gasteiger partial charge in [-0.1, -0.05) is 0 Å². The molecule has 114 valence electrons. The highest BCUT2D eigenvalue weighted by atomic mass is 32.1. The zero-order chi connectivity index (χ0) is 15.1. The average Bonchev–Trinajstić information content (AvgIpc) is 2.98. The van der Waals surface area contributed by atoms with Crippen molar-refractivity contribution in [1.82, 2.24) is 19.9 Å². The Hall–Kier alpha value is -2.22. The first kappa shape index (κ1) is 13.4. The molecule has 2 N–H and O–H groups in total. The standard InChI is InChI=1S/C14H16N6OS/c15-13-17-5-9-1-3-19(8-11(9)18-13)12(21)10-6-20(7-10)14-16-2-4-22-14/h2,4-5,10H,1,3,6-8H2,(H2,15,17,18). The maximum Gasteiger partial charge on any atom is 0.229 e. The van der Waals surface area contributed by atoms with Gasteiger partial charge in [-0.2, -0.15) is 0 Å². The number of rotatable bonds is 2. The molecule has 22 heavy (non-hydrogen) atoms. The van der Waals surface area contributed by atoms with Gasteiger partial charge in [0, 0.05) is 37.4 Å². The number of hydrogen-bond acceptors (Lipinski definition) is 7. The van der Waals surface area contributed by atoms with Crippen LogP contribution in [0.1, 0.15) is 11.3 Å². The van der Waals surface area contributed by atoms with E-state index in [-0.39, 0.29) is 17.8 Å². The van der Waals surface area contributed by atoms with Crippen LogP contribution in [0.3, 0.4) is 0 Å². The zero-order valence-electron chi connectivity index (χ0n) is 12.0. The lowest BCUT2D eigenvalue weighted by atomic mass is 9.97. The minimum absolute atomic E-state index is 0.0598. The van der Waals surface area contributed by atoms with Crippen LogP contribution < -0.4 is 10.6 Å². The van der Waals surface area contributed by atoms with E-state index in [4.69, 9.17) is 5.73 Å². The molecule has 7 nitrogen and oxygen atoms in total. The Bertz CT molecular complexity index is 697. The van der Waals surface area contributed by atoms with Crippen LogP contribution in [0.25, 0.3) is 0 Å². The summed E-state index contributed by atoms with van der Waals surface area (Å²) in [4.78, 5) is 29.2. The molecule has 0 bridgehead atoms. The number of anilines is 2. The molecule has 4 heterocycles. The summed E-state index contributed by atoms with van der Waals surface area (Å²) in [5, 5.41) is 2.95. The van der Waals surface area contributed by atoms with Crippen molar-refractivity contribution in [3.63, 3.8) is 0 Å². The number of amides is 1. The lowest BCUT2D eigenvalue weighted by Crippen LogP contribution is -2.55. The van der Waals surface area contributed by atoms with Gasteiger partial charge in [0.15, 0.2) is 5.13 Å². The highest BCUT2D eigenvalue weighted by Crippen LogP contribution is 2.28. The fourth-order valence-electron chi connectivity index (χ4n) is 2.93. The van der Waals surface area contributed by atoms with E-state index in [1.165, 1.54) is 0 Å². The Morgan fingerprint density at radius 2 is 2.23 bits per heavy atom. The van der Waals surface area contributed by atoms with E-state index in [0.29, 0.717) is 6.54 Å². The predicted molar refractivity (Wildman–Crippen MR) is 83.4 cm³/mol. The fraction of sp³-hybridized carbons (Fsp3) is 0.429. The van der Waals surface area contributed by atoms with Crippen molar-refractivity contribution in [3.05, 3.63) is 29.0 Å². The van der Waals surface area contributed by atoms with Gasteiger partial charge in [-0.15, -0.1) is 11.3 Å². The first-order chi connectivity index (χ1) is 10.7. The van der Waals surface area contributed by atoms with E-state index in [1.807, 2.05) is 10.3 Å². The molecule has 1 amide bonds. The molecule has 2 aromatic heterocycles. The highest BCUT2D eigenvalue weighted by Gasteiger charge is 2.37. The van der Waals surface area contributed by atoms with E-state index in [9.17, 15) is 4.79 Å². The number of carbonyl (C=O) groups excluding carboxylic acids is 1. The number of nitrogens with zero attached hydrogens (tertiary/aromatic N) is 5. The summed E-state index contributed by atoms with van der Waals surface area (Å²) in [6.07, 6.45) is 4.36. The minimum atomic E-state index is 0.0598. The molecule has 0 spiro atoms. The molecule has 0 aromatic carbocycles. The van der Waals surface area contributed by atoms with Crippen molar-refractivity contribution >= 4 is 28.3 Å². The van der Waals surface area contributed by atoms with Gasteiger partial charge in [-0.05, 0) is 12.0 Å².